The minimum atomic E-state index is -0.270. The lowest BCUT2D eigenvalue weighted by Crippen LogP contribution is -2.22. The van der Waals surface area contributed by atoms with E-state index in [2.05, 4.69) is 34.3 Å². The molecular weight excluding hydrogens is 399 g/mol. The van der Waals surface area contributed by atoms with Gasteiger partial charge in [-0.05, 0) is 78.1 Å². The molecule has 0 bridgehead atoms. The van der Waals surface area contributed by atoms with E-state index in [-0.39, 0.29) is 5.82 Å². The third-order valence-corrected chi connectivity index (χ3v) is 5.57. The average molecular weight is 423 g/mol. The monoisotopic (exact) mass is 422 g/mol. The standard InChI is InChI=1S/C23H23FN4OS/c1-26(14-16-4-5-19-13-21(29-3)11-8-18(19)12-16)15-28-23(30)27(2)22(25-28)17-6-9-20(24)10-7-17/h4-13H,14-15H2,1-3H3. The van der Waals surface area contributed by atoms with Crippen LogP contribution in [0.3, 0.4) is 0 Å². The molecule has 4 rings (SSSR count). The molecular formula is C23H23FN4OS. The Morgan fingerprint density at radius 2 is 1.73 bits per heavy atom. The predicted molar refractivity (Wildman–Crippen MR) is 119 cm³/mol. The number of benzene rings is 3. The van der Waals surface area contributed by atoms with Crippen LogP contribution in [0.4, 0.5) is 4.39 Å². The number of hydrogen-bond donors (Lipinski definition) is 0. The Morgan fingerprint density at radius 1 is 1.03 bits per heavy atom. The molecule has 0 radical (unpaired) electrons. The molecule has 0 fully saturated rings. The minimum Gasteiger partial charge on any atom is -0.497 e. The molecule has 0 aliphatic rings. The number of rotatable bonds is 6. The molecule has 0 unspecified atom stereocenters. The van der Waals surface area contributed by atoms with Gasteiger partial charge in [0.15, 0.2) is 10.6 Å². The Kier molecular flexibility index (Phi) is 5.65. The highest BCUT2D eigenvalue weighted by Crippen LogP contribution is 2.23. The van der Waals surface area contributed by atoms with Gasteiger partial charge < -0.3 is 9.30 Å². The molecule has 5 nitrogen and oxygen atoms in total. The fraction of sp³-hybridized carbons (Fsp3) is 0.217. The molecule has 7 heteroatoms. The van der Waals surface area contributed by atoms with Gasteiger partial charge in [0.2, 0.25) is 0 Å². The SMILES string of the molecule is COc1ccc2cc(CN(C)Cn3nc(-c4ccc(F)cc4)n(C)c3=S)ccc2c1. The van der Waals surface area contributed by atoms with E-state index < -0.39 is 0 Å². The second-order valence-electron chi connectivity index (χ2n) is 7.37. The van der Waals surface area contributed by atoms with Gasteiger partial charge in [0.1, 0.15) is 11.6 Å². The first-order chi connectivity index (χ1) is 14.4. The van der Waals surface area contributed by atoms with Crippen LogP contribution in [0.15, 0.2) is 60.7 Å². The summed E-state index contributed by atoms with van der Waals surface area (Å²) < 4.78 is 22.8. The molecule has 3 aromatic carbocycles. The maximum atomic E-state index is 13.2. The molecule has 1 aromatic heterocycles. The van der Waals surface area contributed by atoms with Crippen LogP contribution >= 0.6 is 12.2 Å². The van der Waals surface area contributed by atoms with Gasteiger partial charge in [-0.15, -0.1) is 0 Å². The first-order valence-corrected chi connectivity index (χ1v) is 10.0. The van der Waals surface area contributed by atoms with E-state index in [4.69, 9.17) is 17.0 Å². The lowest BCUT2D eigenvalue weighted by Gasteiger charge is -2.17. The quantitative estimate of drug-likeness (QED) is 0.409. The van der Waals surface area contributed by atoms with Crippen molar-refractivity contribution in [3.05, 3.63) is 76.8 Å². The van der Waals surface area contributed by atoms with Crippen molar-refractivity contribution in [2.75, 3.05) is 14.2 Å². The lowest BCUT2D eigenvalue weighted by molar-refractivity contribution is 0.244. The van der Waals surface area contributed by atoms with Crippen LogP contribution in [-0.2, 0) is 20.3 Å². The van der Waals surface area contributed by atoms with Crippen LogP contribution in [0.5, 0.6) is 5.75 Å². The Morgan fingerprint density at radius 3 is 2.47 bits per heavy atom. The molecule has 0 atom stereocenters. The number of methoxy groups -OCH3 is 1. The molecule has 0 saturated heterocycles. The summed E-state index contributed by atoms with van der Waals surface area (Å²) in [5.74, 6) is 1.30. The topological polar surface area (TPSA) is 35.2 Å². The van der Waals surface area contributed by atoms with Gasteiger partial charge in [0, 0.05) is 19.2 Å². The highest BCUT2D eigenvalue weighted by Gasteiger charge is 2.12. The molecule has 154 valence electrons. The summed E-state index contributed by atoms with van der Waals surface area (Å²) in [6.45, 7) is 1.31. The van der Waals surface area contributed by atoms with Crippen LogP contribution in [-0.4, -0.2) is 33.4 Å². The van der Waals surface area contributed by atoms with Crippen molar-refractivity contribution in [1.82, 2.24) is 19.2 Å². The van der Waals surface area contributed by atoms with Gasteiger partial charge in [0.05, 0.1) is 13.8 Å². The Bertz CT molecular complexity index is 1250. The van der Waals surface area contributed by atoms with Gasteiger partial charge in [-0.1, -0.05) is 18.2 Å². The highest BCUT2D eigenvalue weighted by molar-refractivity contribution is 7.71. The third kappa shape index (κ3) is 4.13. The molecule has 4 aromatic rings. The minimum absolute atomic E-state index is 0.270. The molecule has 0 spiro atoms. The molecule has 30 heavy (non-hydrogen) atoms. The van der Waals surface area contributed by atoms with Crippen molar-refractivity contribution in [1.29, 1.82) is 0 Å². The van der Waals surface area contributed by atoms with Gasteiger partial charge in [0.25, 0.3) is 0 Å². The fourth-order valence-electron chi connectivity index (χ4n) is 3.52. The fourth-order valence-corrected chi connectivity index (χ4v) is 3.70. The van der Waals surface area contributed by atoms with E-state index >= 15 is 0 Å². The summed E-state index contributed by atoms with van der Waals surface area (Å²) in [6.07, 6.45) is 0. The molecule has 0 N–H and O–H groups in total. The van der Waals surface area contributed by atoms with Crippen molar-refractivity contribution in [3.63, 3.8) is 0 Å². The van der Waals surface area contributed by atoms with Gasteiger partial charge >= 0.3 is 0 Å². The van der Waals surface area contributed by atoms with E-state index in [0.29, 0.717) is 17.3 Å². The van der Waals surface area contributed by atoms with Gasteiger partial charge in [-0.25, -0.2) is 9.07 Å². The Labute approximate surface area is 179 Å². The second-order valence-corrected chi connectivity index (χ2v) is 7.74. The number of aromatic nitrogens is 3. The van der Waals surface area contributed by atoms with Crippen molar-refractivity contribution in [3.8, 4) is 17.1 Å². The maximum absolute atomic E-state index is 13.2. The molecule has 0 aliphatic heterocycles. The normalized spacial score (nSPS) is 11.4. The third-order valence-electron chi connectivity index (χ3n) is 5.08. The van der Waals surface area contributed by atoms with Crippen molar-refractivity contribution < 1.29 is 9.13 Å². The molecule has 0 saturated carbocycles. The van der Waals surface area contributed by atoms with E-state index in [1.165, 1.54) is 23.1 Å². The van der Waals surface area contributed by atoms with Crippen LogP contribution in [0, 0.1) is 10.6 Å². The zero-order chi connectivity index (χ0) is 21.3. The Hall–Kier alpha value is -3.03. The summed E-state index contributed by atoms with van der Waals surface area (Å²) >= 11 is 5.56. The average Bonchev–Trinajstić information content (AvgIpc) is 3.02. The zero-order valence-corrected chi connectivity index (χ0v) is 18.0. The van der Waals surface area contributed by atoms with E-state index in [1.54, 1.807) is 23.9 Å². The number of halogens is 1. The van der Waals surface area contributed by atoms with Crippen LogP contribution < -0.4 is 4.74 Å². The number of fused-ring (bicyclic) bond motifs is 1. The van der Waals surface area contributed by atoms with Gasteiger partial charge in [-0.3, -0.25) is 4.90 Å². The van der Waals surface area contributed by atoms with Crippen LogP contribution in [0.1, 0.15) is 5.56 Å². The summed E-state index contributed by atoms with van der Waals surface area (Å²) in [5.41, 5.74) is 2.03. The van der Waals surface area contributed by atoms with Crippen molar-refractivity contribution in [2.45, 2.75) is 13.2 Å². The van der Waals surface area contributed by atoms with Crippen LogP contribution in [0.25, 0.3) is 22.2 Å². The summed E-state index contributed by atoms with van der Waals surface area (Å²) in [7, 11) is 5.59. The first-order valence-electron chi connectivity index (χ1n) is 9.59. The Balaban J connectivity index is 1.52. The predicted octanol–water partition coefficient (Wildman–Crippen LogP) is 5.01. The van der Waals surface area contributed by atoms with Crippen molar-refractivity contribution in [2.24, 2.45) is 7.05 Å². The maximum Gasteiger partial charge on any atom is 0.199 e. The molecule has 1 heterocycles. The van der Waals surface area contributed by atoms with E-state index in [9.17, 15) is 4.39 Å². The van der Waals surface area contributed by atoms with Gasteiger partial charge in [-0.2, -0.15) is 5.10 Å². The number of nitrogens with zero attached hydrogens (tertiary/aromatic N) is 4. The summed E-state index contributed by atoms with van der Waals surface area (Å²) in [6, 6.07) is 18.8. The second kappa shape index (κ2) is 8.38. The summed E-state index contributed by atoms with van der Waals surface area (Å²) in [5, 5.41) is 6.98. The summed E-state index contributed by atoms with van der Waals surface area (Å²) in [4.78, 5) is 2.15. The van der Waals surface area contributed by atoms with Crippen molar-refractivity contribution >= 4 is 23.0 Å². The van der Waals surface area contributed by atoms with E-state index in [1.807, 2.05) is 30.8 Å². The number of hydrogen-bond acceptors (Lipinski definition) is 4. The molecule has 0 amide bonds. The largest absolute Gasteiger partial charge is 0.497 e. The molecule has 0 aliphatic carbocycles. The highest BCUT2D eigenvalue weighted by atomic mass is 32.1. The van der Waals surface area contributed by atoms with Crippen LogP contribution in [0.2, 0.25) is 0 Å². The van der Waals surface area contributed by atoms with E-state index in [0.717, 1.165) is 23.2 Å². The first kappa shape index (κ1) is 20.3. The smallest absolute Gasteiger partial charge is 0.199 e. The number of ether oxygens (including phenoxy) is 1. The lowest BCUT2D eigenvalue weighted by atomic mass is 10.1. The zero-order valence-electron chi connectivity index (χ0n) is 17.2.